The standard InChI is InChI=1S/C19H19N5O3/c1-13-22-15-4-3-14(11-17(15)27-13)18(25)23-7-2-8-24(10-9-23)19(26)16-12-20-5-6-21-16/h3-6,11-12H,2,7-10H2,1H3. The zero-order chi connectivity index (χ0) is 18.8. The lowest BCUT2D eigenvalue weighted by Crippen LogP contribution is -2.37. The molecule has 0 atom stereocenters. The van der Waals surface area contributed by atoms with Gasteiger partial charge in [-0.15, -0.1) is 0 Å². The van der Waals surface area contributed by atoms with E-state index in [9.17, 15) is 9.59 Å². The predicted octanol–water partition coefficient (Wildman–Crippen LogP) is 1.91. The third-order valence-electron chi connectivity index (χ3n) is 4.59. The molecule has 0 spiro atoms. The number of carbonyl (C=O) groups excluding carboxylic acids is 2. The van der Waals surface area contributed by atoms with Gasteiger partial charge in [0.15, 0.2) is 11.5 Å². The second-order valence-electron chi connectivity index (χ2n) is 6.44. The van der Waals surface area contributed by atoms with Crippen LogP contribution in [0, 0.1) is 6.92 Å². The smallest absolute Gasteiger partial charge is 0.274 e. The topological polar surface area (TPSA) is 92.4 Å². The van der Waals surface area contributed by atoms with Gasteiger partial charge in [0.1, 0.15) is 11.2 Å². The Morgan fingerprint density at radius 2 is 1.81 bits per heavy atom. The molecule has 0 bridgehead atoms. The fourth-order valence-electron chi connectivity index (χ4n) is 3.25. The molecule has 1 fully saturated rings. The summed E-state index contributed by atoms with van der Waals surface area (Å²) in [7, 11) is 0. The van der Waals surface area contributed by atoms with E-state index in [1.165, 1.54) is 18.6 Å². The molecule has 1 aliphatic heterocycles. The van der Waals surface area contributed by atoms with Crippen LogP contribution >= 0.6 is 0 Å². The van der Waals surface area contributed by atoms with Crippen LogP contribution in [0.4, 0.5) is 0 Å². The fourth-order valence-corrected chi connectivity index (χ4v) is 3.25. The first kappa shape index (κ1) is 17.1. The number of hydrogen-bond acceptors (Lipinski definition) is 6. The summed E-state index contributed by atoms with van der Waals surface area (Å²) in [6.07, 6.45) is 5.21. The molecule has 8 nitrogen and oxygen atoms in total. The summed E-state index contributed by atoms with van der Waals surface area (Å²) >= 11 is 0. The van der Waals surface area contributed by atoms with Crippen LogP contribution in [0.1, 0.15) is 33.2 Å². The van der Waals surface area contributed by atoms with Gasteiger partial charge in [-0.1, -0.05) is 0 Å². The van der Waals surface area contributed by atoms with E-state index in [1.54, 1.807) is 34.9 Å². The van der Waals surface area contributed by atoms with Gasteiger partial charge in [0.05, 0.1) is 6.20 Å². The second kappa shape index (κ2) is 7.14. The minimum absolute atomic E-state index is 0.0697. The average Bonchev–Trinajstić information content (AvgIpc) is 2.90. The number of hydrogen-bond donors (Lipinski definition) is 0. The van der Waals surface area contributed by atoms with Crippen LogP contribution in [0.3, 0.4) is 0 Å². The minimum atomic E-state index is -0.157. The Bertz CT molecular complexity index is 985. The number of aryl methyl sites for hydroxylation is 1. The van der Waals surface area contributed by atoms with Gasteiger partial charge in [-0.2, -0.15) is 0 Å². The van der Waals surface area contributed by atoms with E-state index in [1.807, 2.05) is 0 Å². The first-order valence-corrected chi connectivity index (χ1v) is 8.83. The Labute approximate surface area is 155 Å². The van der Waals surface area contributed by atoms with E-state index in [2.05, 4.69) is 15.0 Å². The zero-order valence-electron chi connectivity index (χ0n) is 15.0. The molecule has 0 radical (unpaired) electrons. The quantitative estimate of drug-likeness (QED) is 0.689. The lowest BCUT2D eigenvalue weighted by atomic mass is 10.1. The summed E-state index contributed by atoms with van der Waals surface area (Å²) < 4.78 is 5.52. The number of amides is 2. The fraction of sp³-hybridized carbons (Fsp3) is 0.316. The van der Waals surface area contributed by atoms with Gasteiger partial charge in [0.2, 0.25) is 0 Å². The maximum absolute atomic E-state index is 12.9. The van der Waals surface area contributed by atoms with Crippen molar-refractivity contribution in [2.45, 2.75) is 13.3 Å². The monoisotopic (exact) mass is 365 g/mol. The van der Waals surface area contributed by atoms with Crippen LogP contribution in [0.2, 0.25) is 0 Å². The Balaban J connectivity index is 1.47. The maximum Gasteiger partial charge on any atom is 0.274 e. The zero-order valence-corrected chi connectivity index (χ0v) is 15.0. The van der Waals surface area contributed by atoms with Gasteiger partial charge in [-0.05, 0) is 24.6 Å². The highest BCUT2D eigenvalue weighted by Gasteiger charge is 2.24. The summed E-state index contributed by atoms with van der Waals surface area (Å²) in [4.78, 5) is 41.2. The third-order valence-corrected chi connectivity index (χ3v) is 4.59. The van der Waals surface area contributed by atoms with Crippen LogP contribution in [0.5, 0.6) is 0 Å². The van der Waals surface area contributed by atoms with E-state index in [4.69, 9.17) is 4.42 Å². The van der Waals surface area contributed by atoms with Crippen molar-refractivity contribution in [1.82, 2.24) is 24.8 Å². The molecule has 138 valence electrons. The number of fused-ring (bicyclic) bond motifs is 1. The van der Waals surface area contributed by atoms with Gasteiger partial charge >= 0.3 is 0 Å². The molecule has 0 N–H and O–H groups in total. The minimum Gasteiger partial charge on any atom is -0.441 e. The molecular weight excluding hydrogens is 346 g/mol. The van der Waals surface area contributed by atoms with Crippen molar-refractivity contribution in [1.29, 1.82) is 0 Å². The van der Waals surface area contributed by atoms with Gasteiger partial charge in [-0.3, -0.25) is 14.6 Å². The highest BCUT2D eigenvalue weighted by atomic mass is 16.3. The molecule has 3 aromatic rings. The van der Waals surface area contributed by atoms with Crippen molar-refractivity contribution >= 4 is 22.9 Å². The second-order valence-corrected chi connectivity index (χ2v) is 6.44. The molecule has 27 heavy (non-hydrogen) atoms. The SMILES string of the molecule is Cc1nc2ccc(C(=O)N3CCCN(C(=O)c4cnccn4)CC3)cc2o1. The molecule has 4 rings (SSSR count). The van der Waals surface area contributed by atoms with E-state index in [0.29, 0.717) is 55.3 Å². The molecule has 1 aromatic carbocycles. The molecule has 3 heterocycles. The molecular formula is C19H19N5O3. The van der Waals surface area contributed by atoms with Crippen LogP contribution in [0.25, 0.3) is 11.1 Å². The van der Waals surface area contributed by atoms with Gasteiger partial charge in [0, 0.05) is 51.1 Å². The summed E-state index contributed by atoms with van der Waals surface area (Å²) in [5, 5.41) is 0. The highest BCUT2D eigenvalue weighted by molar-refractivity contribution is 5.97. The summed E-state index contributed by atoms with van der Waals surface area (Å²) in [6.45, 7) is 3.89. The van der Waals surface area contributed by atoms with Crippen molar-refractivity contribution in [3.63, 3.8) is 0 Å². The van der Waals surface area contributed by atoms with Gasteiger partial charge < -0.3 is 14.2 Å². The average molecular weight is 365 g/mol. The van der Waals surface area contributed by atoms with Crippen LogP contribution in [-0.2, 0) is 0 Å². The third kappa shape index (κ3) is 3.51. The number of nitrogens with zero attached hydrogens (tertiary/aromatic N) is 5. The first-order valence-electron chi connectivity index (χ1n) is 8.83. The Morgan fingerprint density at radius 1 is 1.04 bits per heavy atom. The number of aromatic nitrogens is 3. The van der Waals surface area contributed by atoms with Gasteiger partial charge in [-0.25, -0.2) is 9.97 Å². The molecule has 1 aliphatic rings. The molecule has 8 heteroatoms. The molecule has 2 aromatic heterocycles. The number of benzene rings is 1. The molecule has 0 saturated carbocycles. The normalized spacial score (nSPS) is 15.0. The Hall–Kier alpha value is -3.29. The summed E-state index contributed by atoms with van der Waals surface area (Å²) in [6, 6.07) is 5.28. The lowest BCUT2D eigenvalue weighted by Gasteiger charge is -2.22. The molecule has 0 aliphatic carbocycles. The van der Waals surface area contributed by atoms with E-state index >= 15 is 0 Å². The molecule has 2 amide bonds. The number of rotatable bonds is 2. The van der Waals surface area contributed by atoms with Crippen molar-refractivity contribution in [2.24, 2.45) is 0 Å². The highest BCUT2D eigenvalue weighted by Crippen LogP contribution is 2.19. The first-order chi connectivity index (χ1) is 13.1. The predicted molar refractivity (Wildman–Crippen MR) is 97.2 cm³/mol. The Kier molecular flexibility index (Phi) is 4.53. The Morgan fingerprint density at radius 3 is 2.56 bits per heavy atom. The van der Waals surface area contributed by atoms with E-state index in [0.717, 1.165) is 5.52 Å². The lowest BCUT2D eigenvalue weighted by molar-refractivity contribution is 0.0715. The maximum atomic E-state index is 12.9. The number of oxazole rings is 1. The molecule has 1 saturated heterocycles. The largest absolute Gasteiger partial charge is 0.441 e. The van der Waals surface area contributed by atoms with Crippen molar-refractivity contribution in [3.05, 3.63) is 53.9 Å². The van der Waals surface area contributed by atoms with Crippen LogP contribution in [0.15, 0.2) is 41.2 Å². The van der Waals surface area contributed by atoms with Crippen LogP contribution < -0.4 is 0 Å². The van der Waals surface area contributed by atoms with E-state index in [-0.39, 0.29) is 11.8 Å². The van der Waals surface area contributed by atoms with Crippen molar-refractivity contribution in [3.8, 4) is 0 Å². The van der Waals surface area contributed by atoms with Crippen molar-refractivity contribution in [2.75, 3.05) is 26.2 Å². The molecule has 0 unspecified atom stereocenters. The summed E-state index contributed by atoms with van der Waals surface area (Å²) in [5.41, 5.74) is 2.23. The van der Waals surface area contributed by atoms with Crippen molar-refractivity contribution < 1.29 is 14.0 Å². The summed E-state index contributed by atoms with van der Waals surface area (Å²) in [5.74, 6) is 0.346. The number of carbonyl (C=O) groups is 2. The van der Waals surface area contributed by atoms with E-state index < -0.39 is 0 Å². The van der Waals surface area contributed by atoms with Gasteiger partial charge in [0.25, 0.3) is 11.8 Å². The van der Waals surface area contributed by atoms with Crippen LogP contribution in [-0.4, -0.2) is 62.7 Å².